The third kappa shape index (κ3) is 7.27. The molecular formula is C54H52P2. The Kier molecular flexibility index (Phi) is 10.3. The van der Waals surface area contributed by atoms with Crippen molar-refractivity contribution in [2.24, 2.45) is 0 Å². The molecule has 0 saturated carbocycles. The van der Waals surface area contributed by atoms with Crippen LogP contribution < -0.4 is 31.8 Å². The van der Waals surface area contributed by atoms with Gasteiger partial charge in [0.25, 0.3) is 0 Å². The Morgan fingerprint density at radius 1 is 0.286 bits per heavy atom. The molecule has 278 valence electrons. The topological polar surface area (TPSA) is 0 Å². The first-order valence-electron chi connectivity index (χ1n) is 19.8. The van der Waals surface area contributed by atoms with Crippen molar-refractivity contribution in [2.75, 3.05) is 0 Å². The molecule has 0 aliphatic heterocycles. The van der Waals surface area contributed by atoms with E-state index < -0.39 is 15.8 Å². The average Bonchev–Trinajstić information content (AvgIpc) is 3.11. The number of benzene rings is 8. The van der Waals surface area contributed by atoms with Crippen LogP contribution in [0.2, 0.25) is 0 Å². The van der Waals surface area contributed by atoms with Gasteiger partial charge in [-0.25, -0.2) is 0 Å². The van der Waals surface area contributed by atoms with Gasteiger partial charge < -0.3 is 0 Å². The highest BCUT2D eigenvalue weighted by Gasteiger charge is 2.30. The Morgan fingerprint density at radius 2 is 0.554 bits per heavy atom. The van der Waals surface area contributed by atoms with Gasteiger partial charge in [-0.3, -0.25) is 0 Å². The zero-order valence-corrected chi connectivity index (χ0v) is 36.4. The van der Waals surface area contributed by atoms with Crippen LogP contribution in [0.1, 0.15) is 55.6 Å². The summed E-state index contributed by atoms with van der Waals surface area (Å²) in [5.74, 6) is 0. The minimum atomic E-state index is -0.959. The summed E-state index contributed by atoms with van der Waals surface area (Å²) in [5, 5.41) is 13.8. The molecule has 0 nitrogen and oxygen atoms in total. The first-order valence-corrected chi connectivity index (χ1v) is 22.5. The van der Waals surface area contributed by atoms with Crippen LogP contribution in [0, 0.1) is 69.2 Å². The minimum Gasteiger partial charge on any atom is -0.0614 e. The molecule has 0 aliphatic carbocycles. The predicted octanol–water partition coefficient (Wildman–Crippen LogP) is 12.3. The summed E-state index contributed by atoms with van der Waals surface area (Å²) in [6, 6.07) is 52.4. The highest BCUT2D eigenvalue weighted by atomic mass is 31.1. The van der Waals surface area contributed by atoms with Gasteiger partial charge in [0.15, 0.2) is 0 Å². The Bertz CT molecular complexity index is 2440. The molecule has 8 aromatic rings. The molecule has 0 unspecified atom stereocenters. The fourth-order valence-electron chi connectivity index (χ4n) is 9.15. The lowest BCUT2D eigenvalue weighted by Gasteiger charge is -2.30. The van der Waals surface area contributed by atoms with E-state index in [1.54, 1.807) is 0 Å². The van der Waals surface area contributed by atoms with E-state index in [1.165, 1.54) is 120 Å². The van der Waals surface area contributed by atoms with Crippen molar-refractivity contribution in [1.82, 2.24) is 0 Å². The Hall–Kier alpha value is -4.86. The molecule has 0 aliphatic rings. The standard InChI is InChI=1S/C54H52P2/c1-33-21-34(2)26-45(25-33)55(46-27-35(3)22-36(4)28-46)49-19-17-43-15-11-13-41(9)51(43)53(49)54-50(20-18-44-16-12-14-42(10)52(44)54)56(47-29-37(5)23-38(6)30-47)48-31-39(7)24-40(8)32-48/h11-32H,1-10H3. The van der Waals surface area contributed by atoms with Gasteiger partial charge in [-0.1, -0.05) is 178 Å². The number of rotatable bonds is 7. The van der Waals surface area contributed by atoms with Crippen LogP contribution in [0.5, 0.6) is 0 Å². The first kappa shape index (κ1) is 38.0. The Morgan fingerprint density at radius 3 is 0.821 bits per heavy atom. The summed E-state index contributed by atoms with van der Waals surface area (Å²) in [7, 11) is -1.92. The largest absolute Gasteiger partial charge is 0.0614 e. The molecule has 0 heterocycles. The summed E-state index contributed by atoms with van der Waals surface area (Å²) in [6.45, 7) is 22.7. The van der Waals surface area contributed by atoms with E-state index in [1.807, 2.05) is 0 Å². The lowest BCUT2D eigenvalue weighted by Crippen LogP contribution is -2.27. The smallest absolute Gasteiger partial charge is 0.000607 e. The van der Waals surface area contributed by atoms with Crippen LogP contribution in [-0.2, 0) is 0 Å². The first-order chi connectivity index (χ1) is 26.8. The zero-order chi connectivity index (χ0) is 39.4. The van der Waals surface area contributed by atoms with Gasteiger partial charge in [0.05, 0.1) is 0 Å². The van der Waals surface area contributed by atoms with E-state index in [0.29, 0.717) is 0 Å². The van der Waals surface area contributed by atoms with Gasteiger partial charge in [0, 0.05) is 0 Å². The highest BCUT2D eigenvalue weighted by molar-refractivity contribution is 7.81. The van der Waals surface area contributed by atoms with E-state index in [-0.39, 0.29) is 0 Å². The second-order valence-electron chi connectivity index (χ2n) is 16.3. The third-order valence-corrected chi connectivity index (χ3v) is 15.9. The maximum Gasteiger partial charge on any atom is -0.000607 e. The predicted molar refractivity (Wildman–Crippen MR) is 252 cm³/mol. The van der Waals surface area contributed by atoms with Crippen LogP contribution in [0.25, 0.3) is 32.7 Å². The summed E-state index contributed by atoms with van der Waals surface area (Å²) >= 11 is 0. The van der Waals surface area contributed by atoms with Crippen molar-refractivity contribution in [1.29, 1.82) is 0 Å². The van der Waals surface area contributed by atoms with Crippen LogP contribution in [0.4, 0.5) is 0 Å². The monoisotopic (exact) mass is 762 g/mol. The van der Waals surface area contributed by atoms with Crippen molar-refractivity contribution in [3.05, 3.63) is 189 Å². The molecule has 0 fully saturated rings. The molecule has 0 spiro atoms. The van der Waals surface area contributed by atoms with Gasteiger partial charge >= 0.3 is 0 Å². The molecule has 0 radical (unpaired) electrons. The van der Waals surface area contributed by atoms with Gasteiger partial charge in [-0.05, 0) is 161 Å². The van der Waals surface area contributed by atoms with Crippen molar-refractivity contribution < 1.29 is 0 Å². The fourth-order valence-corrected chi connectivity index (χ4v) is 14.9. The summed E-state index contributed by atoms with van der Waals surface area (Å²) in [4.78, 5) is 0. The van der Waals surface area contributed by atoms with Gasteiger partial charge in [-0.2, -0.15) is 0 Å². The van der Waals surface area contributed by atoms with E-state index >= 15 is 0 Å². The molecule has 8 rings (SSSR count). The molecule has 0 amide bonds. The highest BCUT2D eigenvalue weighted by Crippen LogP contribution is 2.47. The molecule has 56 heavy (non-hydrogen) atoms. The van der Waals surface area contributed by atoms with E-state index in [0.717, 1.165) is 0 Å². The van der Waals surface area contributed by atoms with Gasteiger partial charge in [0.1, 0.15) is 0 Å². The molecule has 0 atom stereocenters. The van der Waals surface area contributed by atoms with Crippen LogP contribution >= 0.6 is 15.8 Å². The number of aryl methyl sites for hydroxylation is 10. The maximum atomic E-state index is 2.49. The van der Waals surface area contributed by atoms with E-state index in [9.17, 15) is 0 Å². The van der Waals surface area contributed by atoms with Crippen molar-refractivity contribution in [3.63, 3.8) is 0 Å². The second-order valence-corrected chi connectivity index (χ2v) is 20.7. The average molecular weight is 763 g/mol. The fraction of sp³-hybridized carbons (Fsp3) is 0.185. The summed E-state index contributed by atoms with van der Waals surface area (Å²) in [6.07, 6.45) is 0. The SMILES string of the molecule is Cc1cc(C)cc(P(c2cc(C)cc(C)c2)c2ccc3cccc(C)c3c2-c2c(P(c3cc(C)cc(C)c3)c3cc(C)cc(C)c3)ccc3cccc(C)c23)c1. The zero-order valence-electron chi connectivity index (χ0n) is 34.6. The van der Waals surface area contributed by atoms with Crippen molar-refractivity contribution in [3.8, 4) is 11.1 Å². The van der Waals surface area contributed by atoms with E-state index in [2.05, 4.69) is 203 Å². The molecular weight excluding hydrogens is 711 g/mol. The molecule has 0 N–H and O–H groups in total. The minimum absolute atomic E-state index is 0.959. The Labute approximate surface area is 337 Å². The van der Waals surface area contributed by atoms with Gasteiger partial charge in [-0.15, -0.1) is 0 Å². The van der Waals surface area contributed by atoms with Crippen LogP contribution in [-0.4, -0.2) is 0 Å². The Balaban J connectivity index is 1.60. The molecule has 0 saturated heterocycles. The van der Waals surface area contributed by atoms with Crippen molar-refractivity contribution in [2.45, 2.75) is 69.2 Å². The molecule has 8 aromatic carbocycles. The number of fused-ring (bicyclic) bond motifs is 2. The second kappa shape index (κ2) is 15.2. The summed E-state index contributed by atoms with van der Waals surface area (Å²) < 4.78 is 0. The molecule has 2 heteroatoms. The van der Waals surface area contributed by atoms with Gasteiger partial charge in [0.2, 0.25) is 0 Å². The lowest BCUT2D eigenvalue weighted by molar-refractivity contribution is 1.40. The van der Waals surface area contributed by atoms with Crippen molar-refractivity contribution >= 4 is 69.2 Å². The third-order valence-electron chi connectivity index (χ3n) is 11.1. The van der Waals surface area contributed by atoms with Crippen LogP contribution in [0.3, 0.4) is 0 Å². The number of hydrogen-bond acceptors (Lipinski definition) is 0. The lowest BCUT2D eigenvalue weighted by atomic mass is 9.90. The van der Waals surface area contributed by atoms with E-state index in [4.69, 9.17) is 0 Å². The quantitative estimate of drug-likeness (QED) is 0.142. The molecule has 0 bridgehead atoms. The molecule has 0 aromatic heterocycles. The summed E-state index contributed by atoms with van der Waals surface area (Å²) in [5.41, 5.74) is 15.9. The van der Waals surface area contributed by atoms with Crippen LogP contribution in [0.15, 0.2) is 133 Å². The number of hydrogen-bond donors (Lipinski definition) is 0. The maximum absolute atomic E-state index is 2.49. The normalized spacial score (nSPS) is 11.7.